The fraction of sp³-hybridized carbons (Fsp3) is 0.133. The maximum atomic E-state index is 10.3. The number of aromatic nitrogens is 1. The maximum absolute atomic E-state index is 10.3. The Labute approximate surface area is 101 Å². The summed E-state index contributed by atoms with van der Waals surface area (Å²) in [6.07, 6.45) is 2.79. The van der Waals surface area contributed by atoms with E-state index < -0.39 is 6.10 Å². The first kappa shape index (κ1) is 11.6. The van der Waals surface area contributed by atoms with E-state index in [1.54, 1.807) is 12.3 Å². The Morgan fingerprint density at radius 1 is 1.06 bits per heavy atom. The van der Waals surface area contributed by atoms with Crippen LogP contribution in [0, 0.1) is 0 Å². The molecule has 2 unspecified atom stereocenters. The van der Waals surface area contributed by atoms with Crippen LogP contribution in [0.15, 0.2) is 67.4 Å². The van der Waals surface area contributed by atoms with Crippen LogP contribution in [-0.2, 0) is 0 Å². The Hall–Kier alpha value is -1.93. The number of pyridine rings is 1. The van der Waals surface area contributed by atoms with Crippen molar-refractivity contribution < 1.29 is 5.11 Å². The highest BCUT2D eigenvalue weighted by Gasteiger charge is 2.20. The average molecular weight is 225 g/mol. The van der Waals surface area contributed by atoms with Crippen LogP contribution in [0.25, 0.3) is 0 Å². The lowest BCUT2D eigenvalue weighted by atomic mass is 9.91. The lowest BCUT2D eigenvalue weighted by molar-refractivity contribution is 0.157. The Bertz CT molecular complexity index is 467. The van der Waals surface area contributed by atoms with Gasteiger partial charge >= 0.3 is 0 Å². The van der Waals surface area contributed by atoms with Gasteiger partial charge in [0.15, 0.2) is 0 Å². The van der Waals surface area contributed by atoms with Crippen molar-refractivity contribution in [1.82, 2.24) is 4.98 Å². The highest BCUT2D eigenvalue weighted by atomic mass is 16.3. The van der Waals surface area contributed by atoms with Gasteiger partial charge in [-0.05, 0) is 17.7 Å². The second-order valence-corrected chi connectivity index (χ2v) is 3.87. The van der Waals surface area contributed by atoms with Gasteiger partial charge in [0.25, 0.3) is 0 Å². The van der Waals surface area contributed by atoms with E-state index in [9.17, 15) is 5.11 Å². The SMILES string of the molecule is C=CC(c1ccccc1)C(O)c1ccccn1. The molecule has 0 aliphatic heterocycles. The average Bonchev–Trinajstić information content (AvgIpc) is 2.42. The van der Waals surface area contributed by atoms with Crippen molar-refractivity contribution >= 4 is 0 Å². The van der Waals surface area contributed by atoms with Crippen molar-refractivity contribution in [1.29, 1.82) is 0 Å². The molecule has 0 spiro atoms. The molecule has 2 aromatic rings. The van der Waals surface area contributed by atoms with E-state index in [4.69, 9.17) is 0 Å². The fourth-order valence-electron chi connectivity index (χ4n) is 1.86. The number of rotatable bonds is 4. The molecule has 2 atom stereocenters. The van der Waals surface area contributed by atoms with E-state index in [-0.39, 0.29) is 5.92 Å². The van der Waals surface area contributed by atoms with Gasteiger partial charge in [0.1, 0.15) is 6.10 Å². The van der Waals surface area contributed by atoms with Gasteiger partial charge in [-0.25, -0.2) is 0 Å². The molecular formula is C15H15NO. The van der Waals surface area contributed by atoms with Crippen LogP contribution in [0.3, 0.4) is 0 Å². The molecule has 1 aromatic heterocycles. The third-order valence-corrected chi connectivity index (χ3v) is 2.77. The fourth-order valence-corrected chi connectivity index (χ4v) is 1.86. The summed E-state index contributed by atoms with van der Waals surface area (Å²) in [5.74, 6) is -0.133. The molecule has 2 rings (SSSR count). The molecule has 0 aliphatic rings. The Morgan fingerprint density at radius 3 is 2.35 bits per heavy atom. The molecule has 17 heavy (non-hydrogen) atoms. The molecule has 1 N–H and O–H groups in total. The number of aliphatic hydroxyl groups excluding tert-OH is 1. The second kappa shape index (κ2) is 5.41. The van der Waals surface area contributed by atoms with Gasteiger partial charge in [-0.1, -0.05) is 42.5 Å². The van der Waals surface area contributed by atoms with Crippen molar-refractivity contribution in [2.24, 2.45) is 0 Å². The largest absolute Gasteiger partial charge is 0.386 e. The highest BCUT2D eigenvalue weighted by molar-refractivity contribution is 5.27. The molecule has 2 heteroatoms. The quantitative estimate of drug-likeness (QED) is 0.811. The summed E-state index contributed by atoms with van der Waals surface area (Å²) >= 11 is 0. The van der Waals surface area contributed by atoms with Gasteiger partial charge < -0.3 is 5.11 Å². The first-order chi connectivity index (χ1) is 8.33. The molecule has 0 aliphatic carbocycles. The predicted octanol–water partition coefficient (Wildman–Crippen LogP) is 3.08. The Morgan fingerprint density at radius 2 is 1.76 bits per heavy atom. The molecule has 1 aromatic carbocycles. The van der Waals surface area contributed by atoms with Gasteiger partial charge in [-0.2, -0.15) is 0 Å². The Balaban J connectivity index is 2.28. The summed E-state index contributed by atoms with van der Waals surface area (Å²) in [5, 5.41) is 10.3. The molecule has 0 amide bonds. The number of hydrogen-bond acceptors (Lipinski definition) is 2. The van der Waals surface area contributed by atoms with Crippen LogP contribution in [0.2, 0.25) is 0 Å². The summed E-state index contributed by atoms with van der Waals surface area (Å²) in [7, 11) is 0. The zero-order valence-electron chi connectivity index (χ0n) is 9.53. The number of hydrogen-bond donors (Lipinski definition) is 1. The molecule has 0 bridgehead atoms. The molecule has 0 saturated carbocycles. The molecule has 1 heterocycles. The lowest BCUT2D eigenvalue weighted by Gasteiger charge is -2.19. The van der Waals surface area contributed by atoms with E-state index in [1.165, 1.54) is 0 Å². The number of benzene rings is 1. The number of aliphatic hydroxyl groups is 1. The minimum Gasteiger partial charge on any atom is -0.386 e. The standard InChI is InChI=1S/C15H15NO/c1-2-13(12-8-4-3-5-9-12)15(17)14-10-6-7-11-16-14/h2-11,13,15,17H,1H2. The monoisotopic (exact) mass is 225 g/mol. The van der Waals surface area contributed by atoms with Crippen LogP contribution in [0.1, 0.15) is 23.3 Å². The minimum absolute atomic E-state index is 0.133. The van der Waals surface area contributed by atoms with Gasteiger partial charge in [-0.3, -0.25) is 4.98 Å². The van der Waals surface area contributed by atoms with Gasteiger partial charge in [-0.15, -0.1) is 6.58 Å². The normalized spacial score (nSPS) is 13.9. The summed E-state index contributed by atoms with van der Waals surface area (Å²) in [6, 6.07) is 15.4. The second-order valence-electron chi connectivity index (χ2n) is 3.87. The zero-order valence-corrected chi connectivity index (χ0v) is 9.53. The van der Waals surface area contributed by atoms with E-state index in [0.29, 0.717) is 5.69 Å². The molecule has 0 fully saturated rings. The van der Waals surface area contributed by atoms with Crippen LogP contribution in [0.5, 0.6) is 0 Å². The molecule has 0 radical (unpaired) electrons. The molecular weight excluding hydrogens is 210 g/mol. The maximum Gasteiger partial charge on any atom is 0.106 e. The van der Waals surface area contributed by atoms with Crippen LogP contribution >= 0.6 is 0 Å². The third kappa shape index (κ3) is 2.60. The Kier molecular flexibility index (Phi) is 3.68. The van der Waals surface area contributed by atoms with Crippen molar-refractivity contribution in [3.63, 3.8) is 0 Å². The van der Waals surface area contributed by atoms with Crippen molar-refractivity contribution in [2.45, 2.75) is 12.0 Å². The lowest BCUT2D eigenvalue weighted by Crippen LogP contribution is -2.10. The summed E-state index contributed by atoms with van der Waals surface area (Å²) < 4.78 is 0. The van der Waals surface area contributed by atoms with Crippen LogP contribution in [-0.4, -0.2) is 10.1 Å². The van der Waals surface area contributed by atoms with Crippen molar-refractivity contribution in [2.75, 3.05) is 0 Å². The predicted molar refractivity (Wildman–Crippen MR) is 68.6 cm³/mol. The van der Waals surface area contributed by atoms with Gasteiger partial charge in [0.2, 0.25) is 0 Å². The van der Waals surface area contributed by atoms with E-state index in [2.05, 4.69) is 11.6 Å². The topological polar surface area (TPSA) is 33.1 Å². The smallest absolute Gasteiger partial charge is 0.106 e. The van der Waals surface area contributed by atoms with Gasteiger partial charge in [0.05, 0.1) is 5.69 Å². The third-order valence-electron chi connectivity index (χ3n) is 2.77. The minimum atomic E-state index is -0.656. The zero-order chi connectivity index (χ0) is 12.1. The first-order valence-electron chi connectivity index (χ1n) is 5.59. The molecule has 86 valence electrons. The van der Waals surface area contributed by atoms with Crippen LogP contribution in [0.4, 0.5) is 0 Å². The van der Waals surface area contributed by atoms with E-state index >= 15 is 0 Å². The van der Waals surface area contributed by atoms with Gasteiger partial charge in [0, 0.05) is 12.1 Å². The number of nitrogens with zero attached hydrogens (tertiary/aromatic N) is 1. The van der Waals surface area contributed by atoms with E-state index in [1.807, 2.05) is 48.5 Å². The summed E-state index contributed by atoms with van der Waals surface area (Å²) in [4.78, 5) is 4.18. The first-order valence-corrected chi connectivity index (χ1v) is 5.59. The van der Waals surface area contributed by atoms with Crippen molar-refractivity contribution in [3.05, 3.63) is 78.6 Å². The van der Waals surface area contributed by atoms with Crippen molar-refractivity contribution in [3.8, 4) is 0 Å². The van der Waals surface area contributed by atoms with Crippen LogP contribution < -0.4 is 0 Å². The molecule has 2 nitrogen and oxygen atoms in total. The summed E-state index contributed by atoms with van der Waals surface area (Å²) in [5.41, 5.74) is 1.71. The summed E-state index contributed by atoms with van der Waals surface area (Å²) in [6.45, 7) is 3.80. The van der Waals surface area contributed by atoms with E-state index in [0.717, 1.165) is 5.56 Å². The molecule has 0 saturated heterocycles. The highest BCUT2D eigenvalue weighted by Crippen LogP contribution is 2.30.